The lowest BCUT2D eigenvalue weighted by molar-refractivity contribution is -0.140. The van der Waals surface area contributed by atoms with E-state index in [9.17, 15) is 18.0 Å². The molecule has 0 saturated heterocycles. The van der Waals surface area contributed by atoms with Gasteiger partial charge in [0.2, 0.25) is 21.8 Å². The van der Waals surface area contributed by atoms with Crippen molar-refractivity contribution < 1.29 is 18.0 Å². The highest BCUT2D eigenvalue weighted by Gasteiger charge is 2.32. The summed E-state index contributed by atoms with van der Waals surface area (Å²) in [6, 6.07) is 11.3. The van der Waals surface area contributed by atoms with Gasteiger partial charge in [0.1, 0.15) is 12.6 Å². The Bertz CT molecular complexity index is 1140. The third kappa shape index (κ3) is 8.22. The van der Waals surface area contributed by atoms with Crippen LogP contribution in [0.3, 0.4) is 0 Å². The van der Waals surface area contributed by atoms with Crippen LogP contribution in [0, 0.1) is 6.92 Å². The molecule has 2 aromatic rings. The van der Waals surface area contributed by atoms with E-state index >= 15 is 0 Å². The summed E-state index contributed by atoms with van der Waals surface area (Å²) in [5.41, 5.74) is 1.99. The maximum atomic E-state index is 13.7. The minimum Gasteiger partial charge on any atom is -0.352 e. The fourth-order valence-electron chi connectivity index (χ4n) is 3.54. The zero-order valence-electron chi connectivity index (χ0n) is 20.7. The van der Waals surface area contributed by atoms with E-state index in [0.29, 0.717) is 17.1 Å². The Morgan fingerprint density at radius 1 is 1.09 bits per heavy atom. The van der Waals surface area contributed by atoms with Gasteiger partial charge in [-0.05, 0) is 68.1 Å². The van der Waals surface area contributed by atoms with Crippen LogP contribution in [0.1, 0.15) is 44.7 Å². The number of rotatable bonds is 11. The zero-order chi connectivity index (χ0) is 26.3. The van der Waals surface area contributed by atoms with Crippen molar-refractivity contribution in [3.63, 3.8) is 0 Å². The quantitative estimate of drug-likeness (QED) is 0.406. The number of nitrogens with zero attached hydrogens (tertiary/aromatic N) is 2. The first-order valence-electron chi connectivity index (χ1n) is 11.5. The molecule has 0 unspecified atom stereocenters. The molecule has 0 heterocycles. The zero-order valence-corrected chi connectivity index (χ0v) is 23.9. The van der Waals surface area contributed by atoms with Gasteiger partial charge in [0, 0.05) is 22.1 Å². The van der Waals surface area contributed by atoms with Gasteiger partial charge in [0.25, 0.3) is 0 Å². The maximum absolute atomic E-state index is 13.7. The Labute approximate surface area is 222 Å². The van der Waals surface area contributed by atoms with E-state index in [1.54, 1.807) is 42.5 Å². The van der Waals surface area contributed by atoms with Gasteiger partial charge < -0.3 is 10.2 Å². The number of aryl methyl sites for hydroxylation is 1. The summed E-state index contributed by atoms with van der Waals surface area (Å²) in [4.78, 5) is 28.2. The van der Waals surface area contributed by atoms with Gasteiger partial charge >= 0.3 is 0 Å². The molecular formula is C25H33BrClN3O4S. The van der Waals surface area contributed by atoms with Crippen molar-refractivity contribution in [2.24, 2.45) is 0 Å². The van der Waals surface area contributed by atoms with Gasteiger partial charge in [-0.2, -0.15) is 0 Å². The fraction of sp³-hybridized carbons (Fsp3) is 0.440. The second-order valence-electron chi connectivity index (χ2n) is 8.59. The smallest absolute Gasteiger partial charge is 0.244 e. The van der Waals surface area contributed by atoms with E-state index in [0.717, 1.165) is 32.6 Å². The van der Waals surface area contributed by atoms with E-state index in [1.165, 1.54) is 4.90 Å². The van der Waals surface area contributed by atoms with Crippen LogP contribution in [0.2, 0.25) is 5.02 Å². The van der Waals surface area contributed by atoms with Crippen molar-refractivity contribution in [3.8, 4) is 0 Å². The topological polar surface area (TPSA) is 86.8 Å². The normalized spacial score (nSPS) is 13.1. The van der Waals surface area contributed by atoms with E-state index in [2.05, 4.69) is 21.2 Å². The minimum absolute atomic E-state index is 0.0534. The first kappa shape index (κ1) is 29.1. The van der Waals surface area contributed by atoms with Crippen molar-refractivity contribution in [3.05, 3.63) is 63.1 Å². The molecule has 2 aromatic carbocycles. The highest BCUT2D eigenvalue weighted by atomic mass is 79.9. The molecule has 2 rings (SSSR count). The number of carbonyl (C=O) groups is 2. The van der Waals surface area contributed by atoms with Crippen LogP contribution in [0.5, 0.6) is 0 Å². The monoisotopic (exact) mass is 585 g/mol. The van der Waals surface area contributed by atoms with Crippen molar-refractivity contribution >= 4 is 55.1 Å². The standard InChI is InChI=1S/C25H33BrClN3O4S/c1-6-18(4)28-25(32)23(7-2)29(15-19-8-10-20(27)11-9-19)24(31)16-30(35(5,33)34)21-12-13-22(26)17(3)14-21/h8-14,18,23H,6-7,15-16H2,1-5H3,(H,28,32)/t18-,23+/m0/s1. The number of anilines is 1. The molecule has 0 fully saturated rings. The van der Waals surface area contributed by atoms with Gasteiger partial charge in [-0.3, -0.25) is 13.9 Å². The molecule has 0 aliphatic heterocycles. The Balaban J connectivity index is 2.45. The summed E-state index contributed by atoms with van der Waals surface area (Å²) in [6.45, 7) is 7.24. The largest absolute Gasteiger partial charge is 0.352 e. The SMILES string of the molecule is CC[C@H](C(=O)N[C@@H](C)CC)N(Cc1ccc(Cl)cc1)C(=O)CN(c1ccc(Br)c(C)c1)S(C)(=O)=O. The molecule has 0 spiro atoms. The summed E-state index contributed by atoms with van der Waals surface area (Å²) in [7, 11) is -3.78. The van der Waals surface area contributed by atoms with E-state index in [1.807, 2.05) is 27.7 Å². The molecule has 35 heavy (non-hydrogen) atoms. The van der Waals surface area contributed by atoms with Crippen LogP contribution in [0.15, 0.2) is 46.9 Å². The van der Waals surface area contributed by atoms with Crippen molar-refractivity contribution in [1.82, 2.24) is 10.2 Å². The number of nitrogens with one attached hydrogen (secondary N) is 1. The average Bonchev–Trinajstić information content (AvgIpc) is 2.79. The number of hydrogen-bond acceptors (Lipinski definition) is 4. The van der Waals surface area contributed by atoms with Gasteiger partial charge in [0.15, 0.2) is 0 Å². The lowest BCUT2D eigenvalue weighted by Crippen LogP contribution is -2.53. The molecule has 0 aromatic heterocycles. The molecule has 0 saturated carbocycles. The number of sulfonamides is 1. The number of benzene rings is 2. The summed E-state index contributed by atoms with van der Waals surface area (Å²) >= 11 is 9.43. The molecule has 0 aliphatic rings. The molecule has 1 N–H and O–H groups in total. The Morgan fingerprint density at radius 3 is 2.23 bits per heavy atom. The molecule has 0 radical (unpaired) electrons. The molecule has 0 bridgehead atoms. The van der Waals surface area contributed by atoms with Crippen LogP contribution in [-0.2, 0) is 26.2 Å². The Morgan fingerprint density at radius 2 is 1.71 bits per heavy atom. The second-order valence-corrected chi connectivity index (χ2v) is 11.8. The average molecular weight is 587 g/mol. The predicted octanol–water partition coefficient (Wildman–Crippen LogP) is 4.90. The Kier molecular flexibility index (Phi) is 10.6. The van der Waals surface area contributed by atoms with Gasteiger partial charge in [0.05, 0.1) is 11.9 Å². The molecule has 2 amide bonds. The fourth-order valence-corrected chi connectivity index (χ4v) is 4.76. The van der Waals surface area contributed by atoms with Crippen molar-refractivity contribution in [2.45, 2.75) is 59.2 Å². The van der Waals surface area contributed by atoms with Gasteiger partial charge in [-0.1, -0.05) is 53.5 Å². The van der Waals surface area contributed by atoms with E-state index < -0.39 is 28.5 Å². The van der Waals surface area contributed by atoms with Crippen LogP contribution in [0.25, 0.3) is 0 Å². The van der Waals surface area contributed by atoms with Gasteiger partial charge in [-0.15, -0.1) is 0 Å². The predicted molar refractivity (Wildman–Crippen MR) is 145 cm³/mol. The van der Waals surface area contributed by atoms with E-state index in [-0.39, 0.29) is 18.5 Å². The highest BCUT2D eigenvalue weighted by Crippen LogP contribution is 2.25. The highest BCUT2D eigenvalue weighted by molar-refractivity contribution is 9.10. The number of amides is 2. The molecule has 7 nitrogen and oxygen atoms in total. The number of halogens is 2. The molecule has 10 heteroatoms. The van der Waals surface area contributed by atoms with Gasteiger partial charge in [-0.25, -0.2) is 8.42 Å². The third-order valence-corrected chi connectivity index (χ3v) is 8.04. The first-order chi connectivity index (χ1) is 16.4. The molecule has 192 valence electrons. The van der Waals surface area contributed by atoms with Crippen molar-refractivity contribution in [2.75, 3.05) is 17.1 Å². The number of hydrogen-bond donors (Lipinski definition) is 1. The summed E-state index contributed by atoms with van der Waals surface area (Å²) in [5, 5.41) is 3.51. The number of carbonyl (C=O) groups excluding carboxylic acids is 2. The summed E-state index contributed by atoms with van der Waals surface area (Å²) < 4.78 is 27.3. The summed E-state index contributed by atoms with van der Waals surface area (Å²) in [6.07, 6.45) is 2.18. The van der Waals surface area contributed by atoms with Crippen LogP contribution in [-0.4, -0.2) is 50.0 Å². The second kappa shape index (κ2) is 12.7. The Hall–Kier alpha value is -2.10. The molecular weight excluding hydrogens is 554 g/mol. The molecule has 0 aliphatic carbocycles. The minimum atomic E-state index is -3.78. The van der Waals surface area contributed by atoms with Crippen LogP contribution in [0.4, 0.5) is 5.69 Å². The van der Waals surface area contributed by atoms with E-state index in [4.69, 9.17) is 11.6 Å². The van der Waals surface area contributed by atoms with Crippen LogP contribution >= 0.6 is 27.5 Å². The molecule has 2 atom stereocenters. The van der Waals surface area contributed by atoms with Crippen molar-refractivity contribution in [1.29, 1.82) is 0 Å². The van der Waals surface area contributed by atoms with Crippen LogP contribution < -0.4 is 9.62 Å². The lowest BCUT2D eigenvalue weighted by Gasteiger charge is -2.33. The third-order valence-electron chi connectivity index (χ3n) is 5.76. The lowest BCUT2D eigenvalue weighted by atomic mass is 10.1. The maximum Gasteiger partial charge on any atom is 0.244 e. The summed E-state index contributed by atoms with van der Waals surface area (Å²) in [5.74, 6) is -0.744. The first-order valence-corrected chi connectivity index (χ1v) is 14.5.